The van der Waals surface area contributed by atoms with E-state index in [2.05, 4.69) is 18.9 Å². The van der Waals surface area contributed by atoms with E-state index in [4.69, 9.17) is 0 Å². The first-order valence-corrected chi connectivity index (χ1v) is 5.67. The number of allylic oxidation sites excluding steroid dienone is 1. The minimum absolute atomic E-state index is 0.102. The predicted octanol–water partition coefficient (Wildman–Crippen LogP) is 2.94. The van der Waals surface area contributed by atoms with E-state index in [9.17, 15) is 4.79 Å². The molecule has 16 heavy (non-hydrogen) atoms. The van der Waals surface area contributed by atoms with Crippen molar-refractivity contribution in [3.05, 3.63) is 24.4 Å². The second kappa shape index (κ2) is 13.9. The summed E-state index contributed by atoms with van der Waals surface area (Å²) in [6.45, 7) is 17.7. The van der Waals surface area contributed by atoms with E-state index >= 15 is 0 Å². The zero-order valence-corrected chi connectivity index (χ0v) is 11.8. The summed E-state index contributed by atoms with van der Waals surface area (Å²) in [4.78, 5) is 13.0. The Morgan fingerprint density at radius 1 is 1.19 bits per heavy atom. The van der Waals surface area contributed by atoms with Crippen LogP contribution in [-0.2, 0) is 4.79 Å². The smallest absolute Gasteiger partial charge is 0.226 e. The molecular weight excluding hydrogens is 200 g/mol. The van der Waals surface area contributed by atoms with Crippen LogP contribution >= 0.6 is 0 Å². The van der Waals surface area contributed by atoms with Crippen LogP contribution in [0.3, 0.4) is 0 Å². The third-order valence-corrected chi connectivity index (χ3v) is 1.49. The highest BCUT2D eigenvalue weighted by molar-refractivity contribution is 5.77. The van der Waals surface area contributed by atoms with Crippen LogP contribution in [0.5, 0.6) is 0 Å². The molecule has 0 aliphatic carbocycles. The van der Waals surface area contributed by atoms with E-state index in [1.165, 1.54) is 7.05 Å². The molecule has 0 saturated heterocycles. The largest absolute Gasteiger partial charge is 0.333 e. The van der Waals surface area contributed by atoms with Crippen molar-refractivity contribution in [3.8, 4) is 0 Å². The molecule has 2 N–H and O–H groups in total. The van der Waals surface area contributed by atoms with E-state index in [-0.39, 0.29) is 5.91 Å². The summed E-state index contributed by atoms with van der Waals surface area (Å²) in [5.74, 6) is 0.102. The van der Waals surface area contributed by atoms with Crippen molar-refractivity contribution < 1.29 is 4.79 Å². The highest BCUT2D eigenvalue weighted by Crippen LogP contribution is 2.06. The van der Waals surface area contributed by atoms with Crippen molar-refractivity contribution in [3.63, 3.8) is 0 Å². The fourth-order valence-corrected chi connectivity index (χ4v) is 0.897. The van der Waals surface area contributed by atoms with E-state index < -0.39 is 0 Å². The number of hydrogen-bond acceptors (Lipinski definition) is 2. The van der Waals surface area contributed by atoms with Crippen LogP contribution in [0.4, 0.5) is 0 Å². The summed E-state index contributed by atoms with van der Waals surface area (Å²) < 4.78 is 0. The topological polar surface area (TPSA) is 46.3 Å². The van der Waals surface area contributed by atoms with Crippen LogP contribution in [0.2, 0.25) is 0 Å². The van der Waals surface area contributed by atoms with E-state index in [0.717, 1.165) is 11.3 Å². The van der Waals surface area contributed by atoms with Gasteiger partial charge in [-0.05, 0) is 20.9 Å². The molecule has 3 nitrogen and oxygen atoms in total. The molecule has 96 valence electrons. The first kappa shape index (κ1) is 20.3. The standard InChI is InChI=1S/C10H17NO.C2H6.CH5N/c1-6-10(12)11(9(4)5)7-8(2)3;2*1-2/h2,4,6-7H2,1,3,5H3;1-2H3;2H2,1H3. The number of carbonyl (C=O) groups excluding carboxylic acids is 1. The van der Waals surface area contributed by atoms with Crippen molar-refractivity contribution >= 4 is 5.91 Å². The van der Waals surface area contributed by atoms with E-state index in [1.807, 2.05) is 34.6 Å². The molecule has 0 rings (SSSR count). The minimum atomic E-state index is 0.102. The molecule has 0 fully saturated rings. The van der Waals surface area contributed by atoms with Gasteiger partial charge in [0.05, 0.1) is 0 Å². The lowest BCUT2D eigenvalue weighted by Crippen LogP contribution is -2.29. The fraction of sp³-hybridized carbons (Fsp3) is 0.615. The Kier molecular flexibility index (Phi) is 17.7. The first-order chi connectivity index (χ1) is 7.49. The van der Waals surface area contributed by atoms with Gasteiger partial charge in [0.2, 0.25) is 5.91 Å². The Hall–Kier alpha value is -1.09. The normalized spacial score (nSPS) is 7.69. The SMILES string of the molecule is C=C(C)CN(C(=C)C)C(=O)CC.CC.CN. The van der Waals surface area contributed by atoms with Gasteiger partial charge in [-0.3, -0.25) is 4.79 Å². The first-order valence-electron chi connectivity index (χ1n) is 5.67. The molecular formula is C13H28N2O. The van der Waals surface area contributed by atoms with Gasteiger partial charge in [0.15, 0.2) is 0 Å². The van der Waals surface area contributed by atoms with E-state index in [0.29, 0.717) is 13.0 Å². The average molecular weight is 228 g/mol. The molecule has 0 aromatic carbocycles. The molecule has 0 unspecified atom stereocenters. The molecule has 0 radical (unpaired) electrons. The molecule has 0 aromatic rings. The summed E-state index contributed by atoms with van der Waals surface area (Å²) in [5, 5.41) is 0. The number of nitrogens with zero attached hydrogens (tertiary/aromatic N) is 1. The molecule has 1 amide bonds. The van der Waals surface area contributed by atoms with Crippen LogP contribution in [0, 0.1) is 0 Å². The molecule has 0 aromatic heterocycles. The van der Waals surface area contributed by atoms with Gasteiger partial charge in [-0.1, -0.05) is 39.5 Å². The maximum absolute atomic E-state index is 11.3. The molecule has 0 saturated carbocycles. The molecule has 3 heteroatoms. The Balaban J connectivity index is -0.000000376. The van der Waals surface area contributed by atoms with Crippen LogP contribution in [0.15, 0.2) is 24.4 Å². The van der Waals surface area contributed by atoms with Crippen molar-refractivity contribution in [1.29, 1.82) is 0 Å². The number of carbonyl (C=O) groups is 1. The van der Waals surface area contributed by atoms with Gasteiger partial charge in [-0.25, -0.2) is 0 Å². The van der Waals surface area contributed by atoms with E-state index in [1.54, 1.807) is 4.90 Å². The third-order valence-electron chi connectivity index (χ3n) is 1.49. The molecule has 0 aliphatic rings. The zero-order valence-electron chi connectivity index (χ0n) is 11.8. The second-order valence-electron chi connectivity index (χ2n) is 3.03. The summed E-state index contributed by atoms with van der Waals surface area (Å²) in [6, 6.07) is 0. The Morgan fingerprint density at radius 2 is 1.56 bits per heavy atom. The van der Waals surface area contributed by atoms with Crippen LogP contribution in [-0.4, -0.2) is 24.4 Å². The summed E-state index contributed by atoms with van der Waals surface area (Å²) >= 11 is 0. The summed E-state index contributed by atoms with van der Waals surface area (Å²) in [6.07, 6.45) is 0.514. The quantitative estimate of drug-likeness (QED) is 0.752. The summed E-state index contributed by atoms with van der Waals surface area (Å²) in [5.41, 5.74) is 6.25. The maximum Gasteiger partial charge on any atom is 0.226 e. The van der Waals surface area contributed by atoms with Gasteiger partial charge in [-0.2, -0.15) is 0 Å². The average Bonchev–Trinajstić information content (AvgIpc) is 2.29. The van der Waals surface area contributed by atoms with Crippen molar-refractivity contribution in [2.75, 3.05) is 13.6 Å². The van der Waals surface area contributed by atoms with Crippen molar-refractivity contribution in [2.45, 2.75) is 41.0 Å². The lowest BCUT2D eigenvalue weighted by molar-refractivity contribution is -0.128. The summed E-state index contributed by atoms with van der Waals surface area (Å²) in [7, 11) is 1.50. The maximum atomic E-state index is 11.3. The molecule has 0 aliphatic heterocycles. The number of hydrogen-bond donors (Lipinski definition) is 1. The second-order valence-corrected chi connectivity index (χ2v) is 3.03. The predicted molar refractivity (Wildman–Crippen MR) is 73.1 cm³/mol. The van der Waals surface area contributed by atoms with Crippen molar-refractivity contribution in [1.82, 2.24) is 4.90 Å². The number of nitrogens with two attached hydrogens (primary N) is 1. The lowest BCUT2D eigenvalue weighted by atomic mass is 10.2. The van der Waals surface area contributed by atoms with Crippen LogP contribution < -0.4 is 5.73 Å². The lowest BCUT2D eigenvalue weighted by Gasteiger charge is -2.21. The van der Waals surface area contributed by atoms with Crippen molar-refractivity contribution in [2.24, 2.45) is 5.73 Å². The monoisotopic (exact) mass is 228 g/mol. The van der Waals surface area contributed by atoms with Gasteiger partial charge >= 0.3 is 0 Å². The molecule has 0 bridgehead atoms. The Morgan fingerprint density at radius 3 is 1.75 bits per heavy atom. The molecule has 0 atom stereocenters. The Bertz CT molecular complexity index is 210. The van der Waals surface area contributed by atoms with Gasteiger partial charge in [0.25, 0.3) is 0 Å². The minimum Gasteiger partial charge on any atom is -0.333 e. The van der Waals surface area contributed by atoms with Gasteiger partial charge < -0.3 is 10.6 Å². The highest BCUT2D eigenvalue weighted by atomic mass is 16.2. The number of amides is 1. The van der Waals surface area contributed by atoms with Crippen LogP contribution in [0.25, 0.3) is 0 Å². The highest BCUT2D eigenvalue weighted by Gasteiger charge is 2.10. The third kappa shape index (κ3) is 11.0. The van der Waals surface area contributed by atoms with Crippen LogP contribution in [0.1, 0.15) is 41.0 Å². The van der Waals surface area contributed by atoms with Gasteiger partial charge in [0.1, 0.15) is 0 Å². The molecule has 0 heterocycles. The van der Waals surface area contributed by atoms with Gasteiger partial charge in [0, 0.05) is 18.7 Å². The zero-order chi connectivity index (χ0) is 13.7. The Labute approximate surface area is 101 Å². The van der Waals surface area contributed by atoms with Gasteiger partial charge in [-0.15, -0.1) is 0 Å². The fourth-order valence-electron chi connectivity index (χ4n) is 0.897. The number of rotatable bonds is 4. The molecule has 0 spiro atoms.